The summed E-state index contributed by atoms with van der Waals surface area (Å²) in [5, 5.41) is 12.3. The first-order valence-corrected chi connectivity index (χ1v) is 8.16. The second-order valence-corrected chi connectivity index (χ2v) is 7.19. The van der Waals surface area contributed by atoms with E-state index in [9.17, 15) is 14.7 Å². The normalized spacial score (nSPS) is 27.6. The molecule has 2 N–H and O–H groups in total. The lowest BCUT2D eigenvalue weighted by Gasteiger charge is -2.37. The number of aliphatic carboxylic acids is 1. The molecule has 1 atom stereocenters. The zero-order chi connectivity index (χ0) is 16.2. The Bertz CT molecular complexity index is 415. The van der Waals surface area contributed by atoms with Crippen LogP contribution >= 0.6 is 0 Å². The zero-order valence-corrected chi connectivity index (χ0v) is 13.7. The molecule has 0 radical (unpaired) electrons. The summed E-state index contributed by atoms with van der Waals surface area (Å²) < 4.78 is 5.36. The maximum atomic E-state index is 12.3. The molecule has 126 valence electrons. The SMILES string of the molecule is COCC1(CNC(=O)N2CCC(C)(C(=O)O)C2)CCCCC1. The molecule has 1 saturated carbocycles. The first-order chi connectivity index (χ1) is 10.4. The van der Waals surface area contributed by atoms with Gasteiger partial charge in [-0.1, -0.05) is 19.3 Å². The van der Waals surface area contributed by atoms with Gasteiger partial charge in [0.2, 0.25) is 0 Å². The van der Waals surface area contributed by atoms with Crippen LogP contribution < -0.4 is 5.32 Å². The molecule has 6 heteroatoms. The highest BCUT2D eigenvalue weighted by atomic mass is 16.5. The average molecular weight is 312 g/mol. The smallest absolute Gasteiger partial charge is 0.317 e. The van der Waals surface area contributed by atoms with E-state index >= 15 is 0 Å². The fourth-order valence-corrected chi connectivity index (χ4v) is 3.66. The summed E-state index contributed by atoms with van der Waals surface area (Å²) in [6.45, 7) is 3.77. The van der Waals surface area contributed by atoms with E-state index in [1.54, 1.807) is 18.9 Å². The van der Waals surface area contributed by atoms with Gasteiger partial charge in [0.1, 0.15) is 0 Å². The highest BCUT2D eigenvalue weighted by molar-refractivity contribution is 5.79. The number of hydrogen-bond acceptors (Lipinski definition) is 3. The van der Waals surface area contributed by atoms with Crippen molar-refractivity contribution < 1.29 is 19.4 Å². The van der Waals surface area contributed by atoms with Gasteiger partial charge in [0.05, 0.1) is 12.0 Å². The Morgan fingerprint density at radius 2 is 1.91 bits per heavy atom. The van der Waals surface area contributed by atoms with Crippen LogP contribution in [0.3, 0.4) is 0 Å². The summed E-state index contributed by atoms with van der Waals surface area (Å²) in [5.74, 6) is -0.828. The van der Waals surface area contributed by atoms with Gasteiger partial charge in [-0.05, 0) is 26.2 Å². The molecule has 1 saturated heterocycles. The summed E-state index contributed by atoms with van der Waals surface area (Å²) in [4.78, 5) is 25.2. The second kappa shape index (κ2) is 6.86. The van der Waals surface area contributed by atoms with E-state index in [1.807, 2.05) is 0 Å². The van der Waals surface area contributed by atoms with Crippen molar-refractivity contribution in [1.82, 2.24) is 10.2 Å². The first-order valence-electron chi connectivity index (χ1n) is 8.16. The van der Waals surface area contributed by atoms with Crippen LogP contribution in [0, 0.1) is 10.8 Å². The Morgan fingerprint density at radius 1 is 1.23 bits per heavy atom. The molecule has 1 unspecified atom stereocenters. The van der Waals surface area contributed by atoms with Crippen molar-refractivity contribution in [3.63, 3.8) is 0 Å². The number of likely N-dealkylation sites (tertiary alicyclic amines) is 1. The molecule has 0 bridgehead atoms. The van der Waals surface area contributed by atoms with E-state index in [0.29, 0.717) is 26.1 Å². The molecule has 22 heavy (non-hydrogen) atoms. The fraction of sp³-hybridized carbons (Fsp3) is 0.875. The van der Waals surface area contributed by atoms with Gasteiger partial charge < -0.3 is 20.1 Å². The maximum Gasteiger partial charge on any atom is 0.317 e. The molecule has 2 aliphatic rings. The Labute approximate surface area is 132 Å². The first kappa shape index (κ1) is 17.1. The van der Waals surface area contributed by atoms with Crippen LogP contribution in [-0.4, -0.2) is 55.4 Å². The molecule has 2 fully saturated rings. The van der Waals surface area contributed by atoms with Gasteiger partial charge in [-0.15, -0.1) is 0 Å². The number of nitrogens with zero attached hydrogens (tertiary/aromatic N) is 1. The predicted octanol–water partition coefficient (Wildman–Crippen LogP) is 2.09. The minimum absolute atomic E-state index is 0.0402. The number of rotatable bonds is 5. The standard InChI is InChI=1S/C16H28N2O4/c1-15(13(19)20)8-9-18(11-15)14(21)17-10-16(12-22-2)6-4-3-5-7-16/h3-12H2,1-2H3,(H,17,21)(H,19,20). The Balaban J connectivity index is 1.88. The van der Waals surface area contributed by atoms with Crippen LogP contribution in [0.5, 0.6) is 0 Å². The summed E-state index contributed by atoms with van der Waals surface area (Å²) >= 11 is 0. The van der Waals surface area contributed by atoms with Gasteiger partial charge in [-0.25, -0.2) is 4.79 Å². The third-order valence-corrected chi connectivity index (χ3v) is 5.26. The number of nitrogens with one attached hydrogen (secondary N) is 1. The largest absolute Gasteiger partial charge is 0.481 e. The predicted molar refractivity (Wildman–Crippen MR) is 82.7 cm³/mol. The number of hydrogen-bond donors (Lipinski definition) is 2. The van der Waals surface area contributed by atoms with Gasteiger partial charge >= 0.3 is 12.0 Å². The molecule has 2 amide bonds. The maximum absolute atomic E-state index is 12.3. The molecule has 1 heterocycles. The van der Waals surface area contributed by atoms with Crippen LogP contribution in [0.15, 0.2) is 0 Å². The molecule has 0 aromatic rings. The van der Waals surface area contributed by atoms with Crippen molar-refractivity contribution >= 4 is 12.0 Å². The summed E-state index contributed by atoms with van der Waals surface area (Å²) in [6, 6.07) is -0.147. The van der Waals surface area contributed by atoms with E-state index in [1.165, 1.54) is 19.3 Å². The minimum atomic E-state index is -0.828. The van der Waals surface area contributed by atoms with E-state index in [2.05, 4.69) is 5.32 Å². The number of carbonyl (C=O) groups is 2. The lowest BCUT2D eigenvalue weighted by Crippen LogP contribution is -2.47. The topological polar surface area (TPSA) is 78.9 Å². The van der Waals surface area contributed by atoms with Gasteiger partial charge in [0, 0.05) is 32.2 Å². The Kier molecular flexibility index (Phi) is 5.32. The Hall–Kier alpha value is -1.30. The molecule has 0 spiro atoms. The third kappa shape index (κ3) is 3.72. The number of carboxylic acids is 1. The molecular formula is C16H28N2O4. The molecule has 1 aliphatic heterocycles. The van der Waals surface area contributed by atoms with Crippen molar-refractivity contribution in [3.8, 4) is 0 Å². The number of methoxy groups -OCH3 is 1. The highest BCUT2D eigenvalue weighted by Crippen LogP contribution is 2.36. The van der Waals surface area contributed by atoms with E-state index < -0.39 is 11.4 Å². The number of ether oxygens (including phenoxy) is 1. The molecular weight excluding hydrogens is 284 g/mol. The number of carboxylic acid groups (broad SMARTS) is 1. The average Bonchev–Trinajstić information content (AvgIpc) is 2.90. The quantitative estimate of drug-likeness (QED) is 0.815. The van der Waals surface area contributed by atoms with E-state index in [0.717, 1.165) is 12.8 Å². The molecule has 1 aliphatic carbocycles. The zero-order valence-electron chi connectivity index (χ0n) is 13.7. The summed E-state index contributed by atoms with van der Waals surface area (Å²) in [5.41, 5.74) is -0.773. The molecule has 0 aromatic heterocycles. The number of urea groups is 1. The minimum Gasteiger partial charge on any atom is -0.481 e. The van der Waals surface area contributed by atoms with Crippen LogP contribution in [0.25, 0.3) is 0 Å². The van der Waals surface area contributed by atoms with Crippen LogP contribution in [0.2, 0.25) is 0 Å². The molecule has 0 aromatic carbocycles. The van der Waals surface area contributed by atoms with Gasteiger partial charge in [0.15, 0.2) is 0 Å². The molecule has 2 rings (SSSR count). The number of amides is 2. The van der Waals surface area contributed by atoms with E-state index in [-0.39, 0.29) is 18.0 Å². The van der Waals surface area contributed by atoms with Crippen molar-refractivity contribution in [2.45, 2.75) is 45.4 Å². The van der Waals surface area contributed by atoms with Crippen molar-refractivity contribution in [3.05, 3.63) is 0 Å². The highest BCUT2D eigenvalue weighted by Gasteiger charge is 2.42. The fourth-order valence-electron chi connectivity index (χ4n) is 3.66. The van der Waals surface area contributed by atoms with Gasteiger partial charge in [0.25, 0.3) is 0 Å². The third-order valence-electron chi connectivity index (χ3n) is 5.26. The second-order valence-electron chi connectivity index (χ2n) is 7.19. The summed E-state index contributed by atoms with van der Waals surface area (Å²) in [6.07, 6.45) is 6.28. The van der Waals surface area contributed by atoms with E-state index in [4.69, 9.17) is 4.74 Å². The van der Waals surface area contributed by atoms with Crippen molar-refractivity contribution in [2.24, 2.45) is 10.8 Å². The lowest BCUT2D eigenvalue weighted by atomic mass is 9.74. The van der Waals surface area contributed by atoms with Crippen molar-refractivity contribution in [1.29, 1.82) is 0 Å². The van der Waals surface area contributed by atoms with Crippen LogP contribution in [0.1, 0.15) is 45.4 Å². The van der Waals surface area contributed by atoms with Crippen molar-refractivity contribution in [2.75, 3.05) is 33.4 Å². The lowest BCUT2D eigenvalue weighted by molar-refractivity contribution is -0.147. The molecule has 6 nitrogen and oxygen atoms in total. The summed E-state index contributed by atoms with van der Waals surface area (Å²) in [7, 11) is 1.71. The van der Waals surface area contributed by atoms with Gasteiger partial charge in [-0.3, -0.25) is 4.79 Å². The van der Waals surface area contributed by atoms with Gasteiger partial charge in [-0.2, -0.15) is 0 Å². The van der Waals surface area contributed by atoms with Crippen LogP contribution in [0.4, 0.5) is 4.79 Å². The van der Waals surface area contributed by atoms with Crippen LogP contribution in [-0.2, 0) is 9.53 Å². The monoisotopic (exact) mass is 312 g/mol. The Morgan fingerprint density at radius 3 is 2.45 bits per heavy atom. The number of carbonyl (C=O) groups excluding carboxylic acids is 1.